The first-order valence-corrected chi connectivity index (χ1v) is 51.0. The molecule has 750 valence electrons. The van der Waals surface area contributed by atoms with E-state index < -0.39 is 0 Å². The maximum Gasteiger partial charge on any atom is 0.293 e. The summed E-state index contributed by atoms with van der Waals surface area (Å²) in [6.07, 6.45) is 21.1. The van der Waals surface area contributed by atoms with Crippen molar-refractivity contribution in [3.05, 3.63) is 183 Å². The molecule has 1 unspecified atom stereocenters. The van der Waals surface area contributed by atoms with Crippen molar-refractivity contribution >= 4 is 183 Å². The van der Waals surface area contributed by atoms with Crippen LogP contribution in [0.25, 0.3) is 43.6 Å². The monoisotopic (exact) mass is 2000 g/mol. The molecule has 0 radical (unpaired) electrons. The second kappa shape index (κ2) is 50.2. The molecule has 0 aliphatic carbocycles. The van der Waals surface area contributed by atoms with Crippen LogP contribution >= 0.6 is 46.4 Å². The summed E-state index contributed by atoms with van der Waals surface area (Å²) in [6.45, 7) is 34.5. The predicted octanol–water partition coefficient (Wildman–Crippen LogP) is 21.3. The lowest BCUT2D eigenvalue weighted by Gasteiger charge is -2.32. The van der Waals surface area contributed by atoms with E-state index in [2.05, 4.69) is 98.5 Å². The summed E-state index contributed by atoms with van der Waals surface area (Å²) >= 11 is 25.7. The first kappa shape index (κ1) is 106. The molecule has 4 aliphatic rings. The van der Waals surface area contributed by atoms with Gasteiger partial charge in [-0.25, -0.2) is 19.9 Å². The van der Waals surface area contributed by atoms with Crippen LogP contribution in [0.3, 0.4) is 0 Å². The topological polar surface area (TPSA) is 357 Å². The molecule has 8 aromatic heterocycles. The van der Waals surface area contributed by atoms with E-state index in [-0.39, 0.29) is 101 Å². The molecule has 0 spiro atoms. The Balaban J connectivity index is 0.000000158. The minimum absolute atomic E-state index is 0.0554. The van der Waals surface area contributed by atoms with Gasteiger partial charge in [0.2, 0.25) is 23.8 Å². The summed E-state index contributed by atoms with van der Waals surface area (Å²) in [6, 6.07) is 29.5. The van der Waals surface area contributed by atoms with E-state index in [1.54, 1.807) is 95.0 Å². The molecule has 32 nitrogen and oxygen atoms in total. The van der Waals surface area contributed by atoms with Crippen LogP contribution in [-0.4, -0.2) is 160 Å². The van der Waals surface area contributed by atoms with Crippen molar-refractivity contribution < 1.29 is 38.1 Å². The number of pyridine rings is 4. The van der Waals surface area contributed by atoms with Crippen LogP contribution in [0, 0.1) is 23.7 Å². The number of carbonyl (C=O) groups is 4. The highest BCUT2D eigenvalue weighted by Crippen LogP contribution is 2.37. The third-order valence-electron chi connectivity index (χ3n) is 25.9. The Hall–Kier alpha value is -12.5. The fourth-order valence-corrected chi connectivity index (χ4v) is 18.0. The van der Waals surface area contributed by atoms with E-state index in [0.29, 0.717) is 136 Å². The summed E-state index contributed by atoms with van der Waals surface area (Å²) in [5, 5.41) is 18.2. The van der Waals surface area contributed by atoms with Crippen LogP contribution < -0.4 is 82.1 Å². The molecule has 4 N–H and O–H groups in total. The molecule has 36 heteroatoms. The van der Waals surface area contributed by atoms with E-state index in [1.807, 2.05) is 107 Å². The van der Waals surface area contributed by atoms with Crippen LogP contribution in [0.2, 0.25) is 20.1 Å². The standard InChI is InChI=1S/2C27H34ClN5O3.C26H32ClN5O3.C25H30ClN5O3/c2*1-4-11-33-23-10-9-20(13-19(23)14-24(26(33)35)36-17-21(34)6-3)30-25-22(28)15-29-27(31-25)32-12-7-8-18(5-2)16-32;1-5-20(33)15-35-23-13-18-12-19(6-7-22(18)32(16(2)3)25(23)34)29-24-21(27)14-28-26(30-24)31-10-8-17(4)9-11-31;1-4-19(32)15-34-22-13-17-12-18(6-7-21(17)31(5-2)24(22)33)28-23-20(26)14-27-25(29-23)30-10-8-16(3)9-11-30/h2*9-10,13-15,18H,4-8,11-12,16-17H2,1-3H3,(H,29,30,31);6-7,12-14,16-17H,5,8-11,15H2,1-4H3,(H,28,29,30);6-7,12-14,16H,4-5,8-11,15H2,1-3H3,(H,27,28,29)/t18-;;;/m0.../s1. The predicted molar refractivity (Wildman–Crippen MR) is 566 cm³/mol. The molecule has 141 heavy (non-hydrogen) atoms. The highest BCUT2D eigenvalue weighted by molar-refractivity contribution is 6.34. The van der Waals surface area contributed by atoms with E-state index in [4.69, 9.17) is 75.3 Å². The fraction of sp³-hybridized carbons (Fsp3) is 0.467. The highest BCUT2D eigenvalue weighted by atomic mass is 35.5. The van der Waals surface area contributed by atoms with Crippen molar-refractivity contribution in [2.45, 2.75) is 218 Å². The molecule has 12 heterocycles. The number of aryl methyl sites for hydroxylation is 3. The number of hydrogen-bond donors (Lipinski definition) is 4. The SMILES string of the molecule is CCC(=O)COc1cc2cc(Nc3nc(N4CCC(C)CC4)ncc3Cl)ccc2n(C(C)C)c1=O.CCC(=O)COc1cc2cc(Nc3nc(N4CCC(C)CC4)ncc3Cl)ccc2n(CC)c1=O.CCCn1c(=O)c(OCC(=O)CC)cc2cc(Nc3nc(N4CCCC(CC)C4)ncc3Cl)ccc21.CCCn1c(=O)c(OCC(=O)CC)cc2cc(Nc3nc(N4CCC[C@H](CC)C4)ncc3Cl)ccc21. The zero-order valence-electron chi connectivity index (χ0n) is 82.9. The fourth-order valence-electron chi connectivity index (χ4n) is 17.4. The van der Waals surface area contributed by atoms with Gasteiger partial charge in [0.1, 0.15) is 46.5 Å². The van der Waals surface area contributed by atoms with E-state index >= 15 is 0 Å². The maximum absolute atomic E-state index is 13.0. The minimum atomic E-state index is -0.253. The van der Waals surface area contributed by atoms with Crippen molar-refractivity contribution in [1.29, 1.82) is 0 Å². The van der Waals surface area contributed by atoms with Gasteiger partial charge in [0.05, 0.1) is 46.9 Å². The number of halogens is 4. The van der Waals surface area contributed by atoms with Gasteiger partial charge >= 0.3 is 0 Å². The molecule has 4 aliphatic heterocycles. The molecule has 2 atom stereocenters. The van der Waals surface area contributed by atoms with Crippen LogP contribution in [0.1, 0.15) is 199 Å². The second-order valence-corrected chi connectivity index (χ2v) is 38.2. The van der Waals surface area contributed by atoms with Gasteiger partial charge in [0, 0.05) is 148 Å². The van der Waals surface area contributed by atoms with Gasteiger partial charge < -0.3 is 78.1 Å². The van der Waals surface area contributed by atoms with Crippen molar-refractivity contribution in [2.24, 2.45) is 23.7 Å². The van der Waals surface area contributed by atoms with Crippen molar-refractivity contribution in [2.75, 3.05) is 120 Å². The number of anilines is 12. The number of piperidine rings is 4. The quantitative estimate of drug-likeness (QED) is 0.0283. The smallest absolute Gasteiger partial charge is 0.293 e. The Morgan fingerprint density at radius 1 is 0.369 bits per heavy atom. The summed E-state index contributed by atoms with van der Waals surface area (Å²) < 4.78 is 29.1. The van der Waals surface area contributed by atoms with Gasteiger partial charge in [-0.05, 0) is 206 Å². The van der Waals surface area contributed by atoms with Crippen LogP contribution in [0.15, 0.2) is 141 Å². The number of ketones is 4. The molecule has 12 aromatic rings. The normalized spacial score (nSPS) is 15.1. The zero-order chi connectivity index (χ0) is 101. The number of aromatic nitrogens is 12. The lowest BCUT2D eigenvalue weighted by atomic mass is 9.96. The van der Waals surface area contributed by atoms with E-state index in [0.717, 1.165) is 183 Å². The molecule has 0 bridgehead atoms. The molecule has 0 amide bonds. The first-order chi connectivity index (χ1) is 68.0. The third kappa shape index (κ3) is 27.2. The number of ether oxygens (including phenoxy) is 4. The Labute approximate surface area is 842 Å². The second-order valence-electron chi connectivity index (χ2n) is 36.6. The van der Waals surface area contributed by atoms with E-state index in [9.17, 15) is 38.4 Å². The van der Waals surface area contributed by atoms with Gasteiger partial charge in [-0.3, -0.25) is 38.4 Å². The number of rotatable bonds is 36. The van der Waals surface area contributed by atoms with E-state index in [1.165, 1.54) is 12.8 Å². The van der Waals surface area contributed by atoms with Crippen molar-refractivity contribution in [1.82, 2.24) is 58.1 Å². The summed E-state index contributed by atoms with van der Waals surface area (Å²) in [5.74, 6) is 7.96. The zero-order valence-corrected chi connectivity index (χ0v) is 85.9. The molecule has 16 rings (SSSR count). The molecular formula is C105H130Cl4N20O12. The van der Waals surface area contributed by atoms with Crippen LogP contribution in [-0.2, 0) is 38.8 Å². The average Bonchev–Trinajstić information content (AvgIpc) is 0.784. The lowest BCUT2D eigenvalue weighted by molar-refractivity contribution is -0.121. The number of Topliss-reactive ketones (excluding diaryl/α,β-unsaturated/α-hetero) is 4. The number of hydrogen-bond acceptors (Lipinski definition) is 28. The molecule has 0 saturated carbocycles. The van der Waals surface area contributed by atoms with Crippen LogP contribution in [0.4, 0.5) is 69.8 Å². The van der Waals surface area contributed by atoms with Gasteiger partial charge in [0.15, 0.2) is 69.4 Å². The molecule has 4 aromatic carbocycles. The molecular weight excluding hydrogens is 1880 g/mol. The van der Waals surface area contributed by atoms with Crippen LogP contribution in [0.5, 0.6) is 23.0 Å². The number of carbonyl (C=O) groups excluding carboxylic acids is 4. The highest BCUT2D eigenvalue weighted by Gasteiger charge is 2.28. The summed E-state index contributed by atoms with van der Waals surface area (Å²) in [5.41, 5.74) is 5.27. The lowest BCUT2D eigenvalue weighted by Crippen LogP contribution is -2.36. The summed E-state index contributed by atoms with van der Waals surface area (Å²) in [4.78, 5) is 144. The number of nitrogens with zero attached hydrogens (tertiary/aromatic N) is 16. The maximum atomic E-state index is 13.0. The van der Waals surface area contributed by atoms with Crippen molar-refractivity contribution in [3.8, 4) is 23.0 Å². The number of benzene rings is 4. The third-order valence-corrected chi connectivity index (χ3v) is 27.0. The number of nitrogens with one attached hydrogen (secondary N) is 4. The van der Waals surface area contributed by atoms with Gasteiger partial charge in [-0.15, -0.1) is 0 Å². The Morgan fingerprint density at radius 2 is 0.652 bits per heavy atom. The average molecular weight is 2010 g/mol. The first-order valence-electron chi connectivity index (χ1n) is 49.5. The van der Waals surface area contributed by atoms with Gasteiger partial charge in [-0.2, -0.15) is 19.9 Å². The van der Waals surface area contributed by atoms with Gasteiger partial charge in [-0.1, -0.05) is 128 Å². The Bertz CT molecular complexity index is 6500. The number of fused-ring (bicyclic) bond motifs is 4. The molecule has 4 fully saturated rings. The van der Waals surface area contributed by atoms with Gasteiger partial charge in [0.25, 0.3) is 22.2 Å². The Morgan fingerprint density at radius 3 is 0.943 bits per heavy atom. The summed E-state index contributed by atoms with van der Waals surface area (Å²) in [7, 11) is 0. The Kier molecular flexibility index (Phi) is 37.7. The van der Waals surface area contributed by atoms with Crippen molar-refractivity contribution in [3.63, 3.8) is 0 Å². The molecule has 4 saturated heterocycles. The largest absolute Gasteiger partial charge is 0.480 e. The minimum Gasteiger partial charge on any atom is -0.480 e.